The second kappa shape index (κ2) is 8.66. The van der Waals surface area contributed by atoms with Crippen molar-refractivity contribution in [3.63, 3.8) is 0 Å². The van der Waals surface area contributed by atoms with Crippen molar-refractivity contribution < 1.29 is 31.6 Å². The molecule has 4 heterocycles. The van der Waals surface area contributed by atoms with E-state index in [1.165, 1.54) is 40.9 Å². The highest BCUT2D eigenvalue weighted by atomic mass is 32.2. The summed E-state index contributed by atoms with van der Waals surface area (Å²) in [5.41, 5.74) is -0.152. The van der Waals surface area contributed by atoms with E-state index in [9.17, 15) is 22.4 Å². The Bertz CT molecular complexity index is 1530. The number of likely N-dealkylation sites (tertiary alicyclic amines) is 1. The van der Waals surface area contributed by atoms with E-state index in [1.54, 1.807) is 20.8 Å². The number of hydrogen-bond acceptors (Lipinski definition) is 8. The molecule has 14 heteroatoms. The standard InChI is InChI=1S/C23H25FN6O6S/c1-12-7-14(5-6-15(12)24)25-20(31)18-19-16(8-29(18)4)37(33,34)28-17-9-30(10-23(17,3)11-35-19)22(32)21-27-26-13(2)36-21/h5-8,17,28H,9-11H2,1-4H3,(H,25,31)/t17-,23-/m1/s1. The Kier molecular flexibility index (Phi) is 5.83. The summed E-state index contributed by atoms with van der Waals surface area (Å²) < 4.78 is 55.7. The first-order valence-electron chi connectivity index (χ1n) is 11.4. The minimum absolute atomic E-state index is 0.0137. The number of carbonyl (C=O) groups excluding carboxylic acids is 2. The van der Waals surface area contributed by atoms with E-state index < -0.39 is 39.1 Å². The normalized spacial score (nSPS) is 22.4. The van der Waals surface area contributed by atoms with Crippen LogP contribution >= 0.6 is 0 Å². The number of halogens is 1. The van der Waals surface area contributed by atoms with Crippen LogP contribution in [0.15, 0.2) is 33.7 Å². The van der Waals surface area contributed by atoms with Crippen LogP contribution in [0.1, 0.15) is 39.6 Å². The molecular weight excluding hydrogens is 507 g/mol. The van der Waals surface area contributed by atoms with E-state index in [4.69, 9.17) is 9.15 Å². The van der Waals surface area contributed by atoms with Gasteiger partial charge in [-0.15, -0.1) is 10.2 Å². The van der Waals surface area contributed by atoms with E-state index in [1.807, 2.05) is 0 Å². The minimum atomic E-state index is -4.14. The fraction of sp³-hybridized carbons (Fsp3) is 0.391. The molecule has 2 atom stereocenters. The Morgan fingerprint density at radius 3 is 2.70 bits per heavy atom. The second-order valence-electron chi connectivity index (χ2n) is 9.63. The largest absolute Gasteiger partial charge is 0.489 e. The third kappa shape index (κ3) is 4.35. The van der Waals surface area contributed by atoms with Gasteiger partial charge in [-0.05, 0) is 30.7 Å². The maximum atomic E-state index is 13.6. The molecule has 1 saturated heterocycles. The Balaban J connectivity index is 1.44. The zero-order chi connectivity index (χ0) is 26.7. The van der Waals surface area contributed by atoms with Crippen LogP contribution in [0.3, 0.4) is 0 Å². The van der Waals surface area contributed by atoms with Gasteiger partial charge in [0.2, 0.25) is 15.9 Å². The van der Waals surface area contributed by atoms with Gasteiger partial charge in [0.1, 0.15) is 10.7 Å². The number of amides is 2. The molecule has 196 valence electrons. The van der Waals surface area contributed by atoms with Gasteiger partial charge in [0.25, 0.3) is 5.91 Å². The zero-order valence-corrected chi connectivity index (χ0v) is 21.3. The molecule has 2 amide bonds. The molecule has 2 aliphatic heterocycles. The summed E-state index contributed by atoms with van der Waals surface area (Å²) in [5, 5.41) is 10.1. The van der Waals surface area contributed by atoms with Gasteiger partial charge in [-0.3, -0.25) is 9.59 Å². The predicted molar refractivity (Wildman–Crippen MR) is 127 cm³/mol. The van der Waals surface area contributed by atoms with Crippen LogP contribution in [0.5, 0.6) is 5.75 Å². The Morgan fingerprint density at radius 1 is 1.27 bits per heavy atom. The summed E-state index contributed by atoms with van der Waals surface area (Å²) in [6.45, 7) is 5.16. The van der Waals surface area contributed by atoms with Crippen molar-refractivity contribution in [2.24, 2.45) is 12.5 Å². The molecule has 2 aliphatic rings. The molecule has 0 spiro atoms. The molecule has 0 radical (unpaired) electrons. The SMILES string of the molecule is Cc1nnc(C(=O)N2C[C@H]3NS(=O)(=O)c4cn(C)c(C(=O)Nc5ccc(F)c(C)c5)c4OC[C@@]3(C)C2)o1. The van der Waals surface area contributed by atoms with Gasteiger partial charge < -0.3 is 23.9 Å². The molecule has 0 saturated carbocycles. The maximum Gasteiger partial charge on any atom is 0.311 e. The van der Waals surface area contributed by atoms with Crippen molar-refractivity contribution in [3.05, 3.63) is 53.3 Å². The molecule has 12 nitrogen and oxygen atoms in total. The fourth-order valence-electron chi connectivity index (χ4n) is 4.62. The number of aryl methyl sites for hydroxylation is 3. The average Bonchev–Trinajstić information content (AvgIpc) is 3.49. The van der Waals surface area contributed by atoms with Gasteiger partial charge in [-0.2, -0.15) is 0 Å². The number of rotatable bonds is 3. The first kappa shape index (κ1) is 24.9. The van der Waals surface area contributed by atoms with Gasteiger partial charge in [0.05, 0.1) is 6.61 Å². The maximum absolute atomic E-state index is 13.6. The number of nitrogens with one attached hydrogen (secondary N) is 2. The first-order chi connectivity index (χ1) is 17.4. The van der Waals surface area contributed by atoms with Gasteiger partial charge in [-0.1, -0.05) is 6.92 Å². The van der Waals surface area contributed by atoms with Gasteiger partial charge >= 0.3 is 11.8 Å². The van der Waals surface area contributed by atoms with Crippen molar-refractivity contribution in [1.82, 2.24) is 24.4 Å². The Hall–Kier alpha value is -3.78. The number of nitrogens with zero attached hydrogens (tertiary/aromatic N) is 4. The van der Waals surface area contributed by atoms with Crippen LogP contribution in [-0.4, -0.2) is 65.6 Å². The summed E-state index contributed by atoms with van der Waals surface area (Å²) in [6.07, 6.45) is 1.30. The van der Waals surface area contributed by atoms with Crippen LogP contribution in [0, 0.1) is 25.1 Å². The van der Waals surface area contributed by atoms with Crippen molar-refractivity contribution in [1.29, 1.82) is 0 Å². The molecule has 0 bridgehead atoms. The predicted octanol–water partition coefficient (Wildman–Crippen LogP) is 1.62. The number of aromatic nitrogens is 3. The number of sulfonamides is 1. The first-order valence-corrected chi connectivity index (χ1v) is 12.9. The Labute approximate surface area is 211 Å². The highest BCUT2D eigenvalue weighted by Gasteiger charge is 2.50. The van der Waals surface area contributed by atoms with Crippen molar-refractivity contribution in [2.75, 3.05) is 25.0 Å². The molecule has 0 aliphatic carbocycles. The van der Waals surface area contributed by atoms with Crippen molar-refractivity contribution in [3.8, 4) is 5.75 Å². The summed E-state index contributed by atoms with van der Waals surface area (Å²) in [4.78, 5) is 27.3. The smallest absolute Gasteiger partial charge is 0.311 e. The lowest BCUT2D eigenvalue weighted by Crippen LogP contribution is -2.49. The van der Waals surface area contributed by atoms with Crippen LogP contribution < -0.4 is 14.8 Å². The third-order valence-corrected chi connectivity index (χ3v) is 8.12. The second-order valence-corrected chi connectivity index (χ2v) is 11.3. The molecule has 0 unspecified atom stereocenters. The molecule has 2 N–H and O–H groups in total. The highest BCUT2D eigenvalue weighted by molar-refractivity contribution is 7.89. The quantitative estimate of drug-likeness (QED) is 0.517. The van der Waals surface area contributed by atoms with Gasteiger partial charge in [-0.25, -0.2) is 17.5 Å². The highest BCUT2D eigenvalue weighted by Crippen LogP contribution is 2.39. The lowest BCUT2D eigenvalue weighted by molar-refractivity contribution is 0.0717. The van der Waals surface area contributed by atoms with Crippen molar-refractivity contribution >= 4 is 27.5 Å². The molecular formula is C23H25FN6O6S. The minimum Gasteiger partial charge on any atom is -0.489 e. The van der Waals surface area contributed by atoms with Crippen LogP contribution in [-0.2, 0) is 17.1 Å². The number of anilines is 1. The van der Waals surface area contributed by atoms with E-state index in [0.717, 1.165) is 0 Å². The Morgan fingerprint density at radius 2 is 2.03 bits per heavy atom. The number of benzene rings is 1. The van der Waals surface area contributed by atoms with Gasteiger partial charge in [0.15, 0.2) is 11.4 Å². The average molecular weight is 533 g/mol. The topological polar surface area (TPSA) is 149 Å². The molecule has 5 rings (SSSR count). The molecule has 3 aromatic rings. The monoisotopic (exact) mass is 532 g/mol. The number of ether oxygens (including phenoxy) is 1. The zero-order valence-electron chi connectivity index (χ0n) is 20.5. The van der Waals surface area contributed by atoms with Crippen LogP contribution in [0.2, 0.25) is 0 Å². The van der Waals surface area contributed by atoms with Crippen molar-refractivity contribution in [2.45, 2.75) is 31.7 Å². The fourth-order valence-corrected chi connectivity index (χ4v) is 6.18. The van der Waals surface area contributed by atoms with E-state index in [2.05, 4.69) is 20.2 Å². The number of hydrogen-bond donors (Lipinski definition) is 2. The van der Waals surface area contributed by atoms with E-state index in [0.29, 0.717) is 11.3 Å². The molecule has 1 aromatic carbocycles. The summed E-state index contributed by atoms with van der Waals surface area (Å²) in [6, 6.07) is 3.44. The van der Waals surface area contributed by atoms with Crippen LogP contribution in [0.25, 0.3) is 0 Å². The van der Waals surface area contributed by atoms with Gasteiger partial charge in [0, 0.05) is 50.4 Å². The summed E-state index contributed by atoms with van der Waals surface area (Å²) in [7, 11) is -2.61. The number of carbonyl (C=O) groups is 2. The molecule has 2 aromatic heterocycles. The van der Waals surface area contributed by atoms with E-state index in [-0.39, 0.29) is 47.8 Å². The third-order valence-electron chi connectivity index (χ3n) is 6.66. The summed E-state index contributed by atoms with van der Waals surface area (Å²) >= 11 is 0. The number of fused-ring (bicyclic) bond motifs is 2. The molecule has 37 heavy (non-hydrogen) atoms. The van der Waals surface area contributed by atoms with E-state index >= 15 is 0 Å². The lowest BCUT2D eigenvalue weighted by atomic mass is 9.87. The lowest BCUT2D eigenvalue weighted by Gasteiger charge is -2.32. The van der Waals surface area contributed by atoms with Crippen LogP contribution in [0.4, 0.5) is 10.1 Å². The summed E-state index contributed by atoms with van der Waals surface area (Å²) in [5.74, 6) is -1.60. The molecule has 1 fully saturated rings.